The molecular formula is C23H20N2O3S. The number of benzene rings is 2. The Bertz CT molecular complexity index is 1160. The summed E-state index contributed by atoms with van der Waals surface area (Å²) in [4.78, 5) is 4.12. The van der Waals surface area contributed by atoms with Crippen LogP contribution >= 0.6 is 0 Å². The highest BCUT2D eigenvalue weighted by molar-refractivity contribution is 7.89. The summed E-state index contributed by atoms with van der Waals surface area (Å²) in [5, 5.41) is 0. The Labute approximate surface area is 170 Å². The number of aromatic nitrogens is 1. The topological polar surface area (TPSA) is 63.4 Å². The highest BCUT2D eigenvalue weighted by Gasteiger charge is 2.26. The van der Waals surface area contributed by atoms with Gasteiger partial charge in [0.25, 0.3) is 0 Å². The number of pyridine rings is 1. The molecule has 29 heavy (non-hydrogen) atoms. The maximum Gasteiger partial charge on any atom is 0.245 e. The van der Waals surface area contributed by atoms with E-state index in [9.17, 15) is 8.42 Å². The lowest BCUT2D eigenvalue weighted by atomic mass is 10.2. The highest BCUT2D eigenvalue weighted by atomic mass is 32.2. The average molecular weight is 404 g/mol. The van der Waals surface area contributed by atoms with Crippen LogP contribution in [0.2, 0.25) is 0 Å². The van der Waals surface area contributed by atoms with E-state index in [0.29, 0.717) is 11.5 Å². The summed E-state index contributed by atoms with van der Waals surface area (Å²) in [5.74, 6) is 1.28. The third kappa shape index (κ3) is 4.45. The predicted molar refractivity (Wildman–Crippen MR) is 111 cm³/mol. The van der Waals surface area contributed by atoms with Gasteiger partial charge in [0, 0.05) is 24.5 Å². The number of hydrogen-bond acceptors (Lipinski definition) is 4. The van der Waals surface area contributed by atoms with E-state index in [0.717, 1.165) is 11.1 Å². The SMILES string of the molecule is O=S(=O)(c1cccnc1)N(Cc1ccccc1)Cc1ccc(-c2ccccc2)o1. The van der Waals surface area contributed by atoms with Crippen molar-refractivity contribution < 1.29 is 12.8 Å². The molecule has 4 rings (SSSR count). The number of nitrogens with zero attached hydrogens (tertiary/aromatic N) is 2. The van der Waals surface area contributed by atoms with Gasteiger partial charge in [0.15, 0.2) is 0 Å². The zero-order valence-corrected chi connectivity index (χ0v) is 16.5. The van der Waals surface area contributed by atoms with Crippen LogP contribution in [0, 0.1) is 0 Å². The Balaban J connectivity index is 1.65. The molecule has 0 aliphatic rings. The molecule has 6 heteroatoms. The molecule has 0 N–H and O–H groups in total. The van der Waals surface area contributed by atoms with Gasteiger partial charge in [0.05, 0.1) is 6.54 Å². The van der Waals surface area contributed by atoms with E-state index >= 15 is 0 Å². The van der Waals surface area contributed by atoms with Crippen LogP contribution in [0.3, 0.4) is 0 Å². The van der Waals surface area contributed by atoms with Gasteiger partial charge in [-0.2, -0.15) is 4.31 Å². The molecular weight excluding hydrogens is 384 g/mol. The van der Waals surface area contributed by atoms with Gasteiger partial charge < -0.3 is 4.42 Å². The minimum absolute atomic E-state index is 0.124. The maximum atomic E-state index is 13.3. The largest absolute Gasteiger partial charge is 0.460 e. The molecule has 0 bridgehead atoms. The standard InChI is InChI=1S/C23H20N2O3S/c26-29(27,22-12-7-15-24-16-22)25(17-19-8-3-1-4-9-19)18-21-13-14-23(28-21)20-10-5-2-6-11-20/h1-16H,17-18H2. The summed E-state index contributed by atoms with van der Waals surface area (Å²) in [7, 11) is -3.74. The second-order valence-corrected chi connectivity index (χ2v) is 8.52. The molecule has 0 spiro atoms. The van der Waals surface area contributed by atoms with Crippen LogP contribution in [0.1, 0.15) is 11.3 Å². The minimum Gasteiger partial charge on any atom is -0.460 e. The van der Waals surface area contributed by atoms with Crippen molar-refractivity contribution >= 4 is 10.0 Å². The lowest BCUT2D eigenvalue weighted by Crippen LogP contribution is -2.30. The van der Waals surface area contributed by atoms with E-state index in [1.807, 2.05) is 72.8 Å². The van der Waals surface area contributed by atoms with Gasteiger partial charge in [0.2, 0.25) is 10.0 Å². The van der Waals surface area contributed by atoms with Crippen molar-refractivity contribution in [3.63, 3.8) is 0 Å². The van der Waals surface area contributed by atoms with E-state index in [2.05, 4.69) is 4.98 Å². The monoisotopic (exact) mass is 404 g/mol. The van der Waals surface area contributed by atoms with Crippen molar-refractivity contribution in [3.05, 3.63) is 109 Å². The zero-order chi connectivity index (χ0) is 20.1. The first-order chi connectivity index (χ1) is 14.1. The molecule has 2 aromatic heterocycles. The quantitative estimate of drug-likeness (QED) is 0.447. The molecule has 0 fully saturated rings. The van der Waals surface area contributed by atoms with Crippen molar-refractivity contribution in [1.29, 1.82) is 0 Å². The Hall–Kier alpha value is -3.22. The molecule has 5 nitrogen and oxygen atoms in total. The van der Waals surface area contributed by atoms with E-state index in [-0.39, 0.29) is 18.0 Å². The lowest BCUT2D eigenvalue weighted by molar-refractivity contribution is 0.361. The number of hydrogen-bond donors (Lipinski definition) is 0. The fourth-order valence-electron chi connectivity index (χ4n) is 3.06. The summed E-state index contributed by atoms with van der Waals surface area (Å²) in [6.45, 7) is 0.360. The first-order valence-corrected chi connectivity index (χ1v) is 10.7. The van der Waals surface area contributed by atoms with Gasteiger partial charge in [-0.3, -0.25) is 4.98 Å². The molecule has 2 aromatic carbocycles. The van der Waals surface area contributed by atoms with E-state index < -0.39 is 10.0 Å². The molecule has 2 heterocycles. The second kappa shape index (κ2) is 8.43. The maximum absolute atomic E-state index is 13.3. The van der Waals surface area contributed by atoms with Crippen molar-refractivity contribution in [2.75, 3.05) is 0 Å². The van der Waals surface area contributed by atoms with Crippen LogP contribution < -0.4 is 0 Å². The normalized spacial score (nSPS) is 11.6. The van der Waals surface area contributed by atoms with Crippen LogP contribution in [0.4, 0.5) is 0 Å². The summed E-state index contributed by atoms with van der Waals surface area (Å²) in [6, 6.07) is 26.1. The summed E-state index contributed by atoms with van der Waals surface area (Å²) >= 11 is 0. The van der Waals surface area contributed by atoms with Crippen molar-refractivity contribution in [1.82, 2.24) is 9.29 Å². The number of rotatable bonds is 7. The van der Waals surface area contributed by atoms with Gasteiger partial charge in [-0.15, -0.1) is 0 Å². The van der Waals surface area contributed by atoms with Gasteiger partial charge in [-0.05, 0) is 29.8 Å². The summed E-state index contributed by atoms with van der Waals surface area (Å²) in [6.07, 6.45) is 2.92. The first kappa shape index (κ1) is 19.1. The zero-order valence-electron chi connectivity index (χ0n) is 15.7. The summed E-state index contributed by atoms with van der Waals surface area (Å²) in [5.41, 5.74) is 1.85. The van der Waals surface area contributed by atoms with Crippen molar-refractivity contribution in [2.24, 2.45) is 0 Å². The Morgan fingerprint density at radius 2 is 1.52 bits per heavy atom. The molecule has 0 saturated heterocycles. The molecule has 0 aliphatic heterocycles. The van der Waals surface area contributed by atoms with Crippen LogP contribution in [-0.4, -0.2) is 17.7 Å². The Morgan fingerprint density at radius 1 is 0.793 bits per heavy atom. The molecule has 0 saturated carbocycles. The average Bonchev–Trinajstić information content (AvgIpc) is 3.24. The lowest BCUT2D eigenvalue weighted by Gasteiger charge is -2.21. The fourth-order valence-corrected chi connectivity index (χ4v) is 4.41. The third-order valence-electron chi connectivity index (χ3n) is 4.53. The van der Waals surface area contributed by atoms with Gasteiger partial charge in [-0.1, -0.05) is 60.7 Å². The molecule has 0 aliphatic carbocycles. The highest BCUT2D eigenvalue weighted by Crippen LogP contribution is 2.25. The molecule has 146 valence electrons. The Morgan fingerprint density at radius 3 is 2.21 bits per heavy atom. The Kier molecular flexibility index (Phi) is 5.55. The van der Waals surface area contributed by atoms with Crippen LogP contribution in [0.25, 0.3) is 11.3 Å². The molecule has 0 radical (unpaired) electrons. The van der Waals surface area contributed by atoms with Crippen LogP contribution in [-0.2, 0) is 23.1 Å². The molecule has 0 amide bonds. The second-order valence-electron chi connectivity index (χ2n) is 6.58. The summed E-state index contributed by atoms with van der Waals surface area (Å²) < 4.78 is 33.9. The fraction of sp³-hybridized carbons (Fsp3) is 0.0870. The van der Waals surface area contributed by atoms with Gasteiger partial charge in [-0.25, -0.2) is 8.42 Å². The van der Waals surface area contributed by atoms with E-state index in [1.165, 1.54) is 10.5 Å². The molecule has 0 atom stereocenters. The minimum atomic E-state index is -3.74. The molecule has 0 unspecified atom stereocenters. The number of furan rings is 1. The van der Waals surface area contributed by atoms with Crippen molar-refractivity contribution in [2.45, 2.75) is 18.0 Å². The predicted octanol–water partition coefficient (Wildman–Crippen LogP) is 4.73. The van der Waals surface area contributed by atoms with Crippen LogP contribution in [0.15, 0.2) is 107 Å². The van der Waals surface area contributed by atoms with Crippen molar-refractivity contribution in [3.8, 4) is 11.3 Å². The third-order valence-corrected chi connectivity index (χ3v) is 6.30. The smallest absolute Gasteiger partial charge is 0.245 e. The molecule has 4 aromatic rings. The van der Waals surface area contributed by atoms with Crippen LogP contribution in [0.5, 0.6) is 0 Å². The van der Waals surface area contributed by atoms with E-state index in [1.54, 1.807) is 18.3 Å². The first-order valence-electron chi connectivity index (χ1n) is 9.21. The number of sulfonamides is 1. The van der Waals surface area contributed by atoms with E-state index in [4.69, 9.17) is 4.42 Å². The van der Waals surface area contributed by atoms with Gasteiger partial charge in [0.1, 0.15) is 16.4 Å². The van der Waals surface area contributed by atoms with Gasteiger partial charge >= 0.3 is 0 Å².